The third-order valence-electron chi connectivity index (χ3n) is 5.70. The van der Waals surface area contributed by atoms with E-state index in [0.717, 1.165) is 30.1 Å². The molecule has 4 heteroatoms. The summed E-state index contributed by atoms with van der Waals surface area (Å²) in [5, 5.41) is 0.770. The fraction of sp³-hybridized carbons (Fsp3) is 0.381. The number of hydrogen-bond donors (Lipinski definition) is 1. The second kappa shape index (κ2) is 6.81. The molecule has 1 amide bonds. The number of nitrogens with two attached hydrogens (primary N) is 1. The Balaban J connectivity index is 1.46. The van der Waals surface area contributed by atoms with Crippen molar-refractivity contribution in [1.29, 1.82) is 0 Å². The van der Waals surface area contributed by atoms with Crippen molar-refractivity contribution in [3.63, 3.8) is 0 Å². The van der Waals surface area contributed by atoms with Gasteiger partial charge in [-0.15, -0.1) is 0 Å². The number of rotatable bonds is 4. The Hall–Kier alpha value is -1.84. The molecule has 2 aliphatic rings. The molecule has 4 atom stereocenters. The summed E-state index contributed by atoms with van der Waals surface area (Å²) in [5.74, 6) is 1.29. The minimum absolute atomic E-state index is 0.0767. The Labute approximate surface area is 153 Å². The van der Waals surface area contributed by atoms with Crippen LogP contribution in [0.25, 0.3) is 0 Å². The zero-order chi connectivity index (χ0) is 17.4. The van der Waals surface area contributed by atoms with Gasteiger partial charge >= 0.3 is 0 Å². The molecular formula is C21H23ClN2O. The lowest BCUT2D eigenvalue weighted by Gasteiger charge is -2.17. The molecule has 1 heterocycles. The van der Waals surface area contributed by atoms with Crippen LogP contribution >= 0.6 is 11.6 Å². The monoisotopic (exact) mass is 354 g/mol. The highest BCUT2D eigenvalue weighted by molar-refractivity contribution is 6.31. The highest BCUT2D eigenvalue weighted by Crippen LogP contribution is 2.51. The zero-order valence-corrected chi connectivity index (χ0v) is 14.9. The SMILES string of the molecule is NC[C@@H]1CN(C(=O)C2CC2c2ccccc2Cl)C[C@H]1c1ccccc1. The van der Waals surface area contributed by atoms with E-state index in [1.54, 1.807) is 0 Å². The molecule has 0 aromatic heterocycles. The normalized spacial score (nSPS) is 28.2. The molecule has 1 saturated carbocycles. The van der Waals surface area contributed by atoms with Crippen molar-refractivity contribution < 1.29 is 4.79 Å². The number of nitrogens with zero attached hydrogens (tertiary/aromatic N) is 1. The summed E-state index contributed by atoms with van der Waals surface area (Å²) in [6.07, 6.45) is 0.905. The van der Waals surface area contributed by atoms with E-state index in [1.807, 2.05) is 35.2 Å². The maximum atomic E-state index is 13.0. The Morgan fingerprint density at radius 1 is 1.04 bits per heavy atom. The molecule has 1 aliphatic carbocycles. The van der Waals surface area contributed by atoms with Crippen molar-refractivity contribution in [1.82, 2.24) is 4.90 Å². The second-order valence-electron chi connectivity index (χ2n) is 7.23. The van der Waals surface area contributed by atoms with Crippen molar-refractivity contribution in [2.24, 2.45) is 17.6 Å². The number of halogens is 1. The van der Waals surface area contributed by atoms with Crippen molar-refractivity contribution >= 4 is 17.5 Å². The van der Waals surface area contributed by atoms with Crippen LogP contribution in [0.2, 0.25) is 5.02 Å². The van der Waals surface area contributed by atoms with Crippen molar-refractivity contribution in [3.8, 4) is 0 Å². The Morgan fingerprint density at radius 3 is 2.48 bits per heavy atom. The lowest BCUT2D eigenvalue weighted by Crippen LogP contribution is -2.31. The van der Waals surface area contributed by atoms with Crippen LogP contribution < -0.4 is 5.73 Å². The molecule has 25 heavy (non-hydrogen) atoms. The minimum Gasteiger partial charge on any atom is -0.341 e. The molecule has 2 aromatic carbocycles. The van der Waals surface area contributed by atoms with E-state index in [4.69, 9.17) is 17.3 Å². The fourth-order valence-corrected chi connectivity index (χ4v) is 4.47. The average Bonchev–Trinajstić information content (AvgIpc) is 3.32. The molecule has 4 rings (SSSR count). The number of likely N-dealkylation sites (tertiary alicyclic amines) is 1. The molecule has 0 radical (unpaired) electrons. The molecular weight excluding hydrogens is 332 g/mol. The van der Waals surface area contributed by atoms with Crippen LogP contribution in [0.15, 0.2) is 54.6 Å². The highest BCUT2D eigenvalue weighted by Gasteiger charge is 2.48. The molecule has 0 spiro atoms. The first-order valence-corrected chi connectivity index (χ1v) is 9.35. The Morgan fingerprint density at radius 2 is 1.76 bits per heavy atom. The van der Waals surface area contributed by atoms with Gasteiger partial charge in [-0.1, -0.05) is 60.1 Å². The summed E-state index contributed by atoms with van der Waals surface area (Å²) >= 11 is 6.30. The van der Waals surface area contributed by atoms with Gasteiger partial charge in [0.05, 0.1) is 0 Å². The van der Waals surface area contributed by atoms with Crippen molar-refractivity contribution in [3.05, 3.63) is 70.7 Å². The third-order valence-corrected chi connectivity index (χ3v) is 6.04. The molecule has 2 N–H and O–H groups in total. The standard InChI is InChI=1S/C21H23ClN2O/c22-20-9-5-4-8-16(20)17-10-18(17)21(25)24-12-15(11-23)19(13-24)14-6-2-1-3-7-14/h1-9,15,17-19H,10-13,23H2/t15-,17?,18?,19+/m1/s1. The van der Waals surface area contributed by atoms with E-state index in [1.165, 1.54) is 5.56 Å². The third kappa shape index (κ3) is 3.19. The van der Waals surface area contributed by atoms with Gasteiger partial charge in [-0.3, -0.25) is 4.79 Å². The van der Waals surface area contributed by atoms with Crippen LogP contribution in [0.3, 0.4) is 0 Å². The summed E-state index contributed by atoms with van der Waals surface area (Å²) < 4.78 is 0. The van der Waals surface area contributed by atoms with Crippen LogP contribution in [0.5, 0.6) is 0 Å². The predicted octanol–water partition coefficient (Wildman–Crippen LogP) is 3.64. The molecule has 1 saturated heterocycles. The number of carbonyl (C=O) groups is 1. The highest BCUT2D eigenvalue weighted by atomic mass is 35.5. The molecule has 2 unspecified atom stereocenters. The van der Waals surface area contributed by atoms with Crippen LogP contribution in [-0.4, -0.2) is 30.4 Å². The lowest BCUT2D eigenvalue weighted by molar-refractivity contribution is -0.131. The van der Waals surface area contributed by atoms with Gasteiger partial charge in [0.25, 0.3) is 0 Å². The maximum absolute atomic E-state index is 13.0. The number of amides is 1. The van der Waals surface area contributed by atoms with E-state index >= 15 is 0 Å². The van der Waals surface area contributed by atoms with E-state index in [9.17, 15) is 4.79 Å². The number of hydrogen-bond acceptors (Lipinski definition) is 2. The molecule has 3 nitrogen and oxygen atoms in total. The Bertz CT molecular complexity index is 764. The first-order valence-electron chi connectivity index (χ1n) is 8.97. The summed E-state index contributed by atoms with van der Waals surface area (Å²) in [4.78, 5) is 15.0. The first kappa shape index (κ1) is 16.6. The van der Waals surface area contributed by atoms with E-state index < -0.39 is 0 Å². The molecule has 130 valence electrons. The first-order chi connectivity index (χ1) is 12.2. The average molecular weight is 355 g/mol. The maximum Gasteiger partial charge on any atom is 0.226 e. The van der Waals surface area contributed by atoms with E-state index in [2.05, 4.69) is 24.3 Å². The van der Waals surface area contributed by atoms with Crippen molar-refractivity contribution in [2.45, 2.75) is 18.3 Å². The number of benzene rings is 2. The summed E-state index contributed by atoms with van der Waals surface area (Å²) in [6, 6.07) is 18.3. The fourth-order valence-electron chi connectivity index (χ4n) is 4.19. The zero-order valence-electron chi connectivity index (χ0n) is 14.1. The van der Waals surface area contributed by atoms with Gasteiger partial charge in [-0.25, -0.2) is 0 Å². The van der Waals surface area contributed by atoms with E-state index in [0.29, 0.717) is 18.4 Å². The van der Waals surface area contributed by atoms with Crippen molar-refractivity contribution in [2.75, 3.05) is 19.6 Å². The lowest BCUT2D eigenvalue weighted by atomic mass is 9.89. The van der Waals surface area contributed by atoms with Gasteiger partial charge in [-0.2, -0.15) is 0 Å². The van der Waals surface area contributed by atoms with Gasteiger partial charge in [0.2, 0.25) is 5.91 Å². The molecule has 2 fully saturated rings. The van der Waals surface area contributed by atoms with Crippen LogP contribution in [-0.2, 0) is 4.79 Å². The summed E-state index contributed by atoms with van der Waals surface area (Å²) in [7, 11) is 0. The molecule has 0 bridgehead atoms. The topological polar surface area (TPSA) is 46.3 Å². The second-order valence-corrected chi connectivity index (χ2v) is 7.63. The molecule has 1 aliphatic heterocycles. The van der Waals surface area contributed by atoms with Gasteiger partial charge in [0.15, 0.2) is 0 Å². The van der Waals surface area contributed by atoms with E-state index in [-0.39, 0.29) is 17.7 Å². The minimum atomic E-state index is 0.0767. The summed E-state index contributed by atoms with van der Waals surface area (Å²) in [5.41, 5.74) is 8.39. The van der Waals surface area contributed by atoms with Crippen LogP contribution in [0.1, 0.15) is 29.4 Å². The van der Waals surface area contributed by atoms with Gasteiger partial charge in [-0.05, 0) is 42.0 Å². The number of carbonyl (C=O) groups excluding carboxylic acids is 1. The van der Waals surface area contributed by atoms with Gasteiger partial charge in [0.1, 0.15) is 0 Å². The summed E-state index contributed by atoms with van der Waals surface area (Å²) in [6.45, 7) is 2.15. The Kier molecular flexibility index (Phi) is 4.53. The predicted molar refractivity (Wildman–Crippen MR) is 101 cm³/mol. The quantitative estimate of drug-likeness (QED) is 0.911. The largest absolute Gasteiger partial charge is 0.341 e. The van der Waals surface area contributed by atoms with Gasteiger partial charge in [0, 0.05) is 29.9 Å². The van der Waals surface area contributed by atoms with Gasteiger partial charge < -0.3 is 10.6 Å². The van der Waals surface area contributed by atoms with Crippen LogP contribution in [0, 0.1) is 11.8 Å². The van der Waals surface area contributed by atoms with Crippen LogP contribution in [0.4, 0.5) is 0 Å². The smallest absolute Gasteiger partial charge is 0.226 e. The molecule has 2 aromatic rings.